The molecule has 0 fully saturated rings. The van der Waals surface area contributed by atoms with Crippen molar-refractivity contribution in [3.63, 3.8) is 0 Å². The number of para-hydroxylation sites is 1. The van der Waals surface area contributed by atoms with E-state index in [0.29, 0.717) is 0 Å². The molecule has 1 aliphatic heterocycles. The number of benzene rings is 1. The monoisotopic (exact) mass is 298 g/mol. The molecule has 0 bridgehead atoms. The molecule has 0 unspecified atom stereocenters. The summed E-state index contributed by atoms with van der Waals surface area (Å²) >= 11 is 0. The van der Waals surface area contributed by atoms with E-state index in [9.17, 15) is 4.79 Å². The van der Waals surface area contributed by atoms with Crippen LogP contribution in [0.4, 0.5) is 5.69 Å². The summed E-state index contributed by atoms with van der Waals surface area (Å²) in [5.74, 6) is 0.146. The normalized spacial score (nSPS) is 15.4. The van der Waals surface area contributed by atoms with Crippen molar-refractivity contribution in [3.8, 4) is 0 Å². The van der Waals surface area contributed by atoms with E-state index in [1.54, 1.807) is 6.20 Å². The molecule has 5 nitrogen and oxygen atoms in total. The van der Waals surface area contributed by atoms with Crippen molar-refractivity contribution in [2.45, 2.75) is 32.4 Å². The van der Waals surface area contributed by atoms with Crippen LogP contribution in [0, 0.1) is 0 Å². The van der Waals surface area contributed by atoms with Crippen LogP contribution < -0.4 is 10.2 Å². The molecule has 3 rings (SSSR count). The second-order valence-corrected chi connectivity index (χ2v) is 5.67. The lowest BCUT2D eigenvalue weighted by Gasteiger charge is -2.31. The van der Waals surface area contributed by atoms with Gasteiger partial charge in [0.1, 0.15) is 0 Å². The van der Waals surface area contributed by atoms with Gasteiger partial charge in [0.15, 0.2) is 0 Å². The first-order valence-corrected chi connectivity index (χ1v) is 7.86. The number of nitrogens with one attached hydrogen (secondary N) is 1. The molecule has 2 heterocycles. The van der Waals surface area contributed by atoms with Crippen LogP contribution in [0.1, 0.15) is 18.9 Å². The smallest absolute Gasteiger partial charge is 0.243 e. The quantitative estimate of drug-likeness (QED) is 0.916. The van der Waals surface area contributed by atoms with Crippen LogP contribution in [-0.2, 0) is 17.8 Å². The van der Waals surface area contributed by atoms with Gasteiger partial charge in [0.2, 0.25) is 5.91 Å². The van der Waals surface area contributed by atoms with E-state index in [2.05, 4.69) is 16.5 Å². The van der Waals surface area contributed by atoms with Gasteiger partial charge in [-0.25, -0.2) is 0 Å². The zero-order valence-electron chi connectivity index (χ0n) is 12.9. The second-order valence-electron chi connectivity index (χ2n) is 5.67. The first-order valence-electron chi connectivity index (χ1n) is 7.86. The van der Waals surface area contributed by atoms with Crippen LogP contribution in [0.3, 0.4) is 0 Å². The zero-order valence-corrected chi connectivity index (χ0v) is 12.9. The van der Waals surface area contributed by atoms with E-state index in [4.69, 9.17) is 0 Å². The maximum atomic E-state index is 12.7. The fraction of sp³-hybridized carbons (Fsp3) is 0.412. The van der Waals surface area contributed by atoms with Gasteiger partial charge in [-0.15, -0.1) is 0 Å². The van der Waals surface area contributed by atoms with Crippen LogP contribution in [-0.4, -0.2) is 34.8 Å². The molecule has 1 aromatic heterocycles. The fourth-order valence-electron chi connectivity index (χ4n) is 2.91. The Hall–Kier alpha value is -2.14. The summed E-state index contributed by atoms with van der Waals surface area (Å²) in [4.78, 5) is 14.6. The first-order chi connectivity index (χ1) is 10.8. The predicted molar refractivity (Wildman–Crippen MR) is 86.8 cm³/mol. The summed E-state index contributed by atoms with van der Waals surface area (Å²) < 4.78 is 1.86. The van der Waals surface area contributed by atoms with Crippen LogP contribution in [0.2, 0.25) is 0 Å². The third-order valence-electron chi connectivity index (χ3n) is 4.10. The number of rotatable bonds is 5. The van der Waals surface area contributed by atoms with Gasteiger partial charge < -0.3 is 10.2 Å². The summed E-state index contributed by atoms with van der Waals surface area (Å²) in [6.07, 6.45) is 5.78. The summed E-state index contributed by atoms with van der Waals surface area (Å²) in [7, 11) is 0. The summed E-state index contributed by atoms with van der Waals surface area (Å²) in [6.45, 7) is 4.23. The molecular weight excluding hydrogens is 276 g/mol. The van der Waals surface area contributed by atoms with Crippen molar-refractivity contribution in [1.29, 1.82) is 0 Å². The molecule has 116 valence electrons. The summed E-state index contributed by atoms with van der Waals surface area (Å²) in [5, 5.41) is 7.46. The Morgan fingerprint density at radius 1 is 1.36 bits per heavy atom. The molecule has 0 spiro atoms. The number of nitrogens with zero attached hydrogens (tertiary/aromatic N) is 3. The molecule has 1 aromatic carbocycles. The van der Waals surface area contributed by atoms with Gasteiger partial charge in [0.05, 0.1) is 12.6 Å². The Kier molecular flexibility index (Phi) is 4.53. The van der Waals surface area contributed by atoms with Gasteiger partial charge in [0, 0.05) is 31.2 Å². The molecule has 22 heavy (non-hydrogen) atoms. The molecule has 1 amide bonds. The van der Waals surface area contributed by atoms with Crippen molar-refractivity contribution in [3.05, 3.63) is 48.3 Å². The summed E-state index contributed by atoms with van der Waals surface area (Å²) in [5.41, 5.74) is 2.34. The van der Waals surface area contributed by atoms with E-state index in [0.717, 1.165) is 38.2 Å². The van der Waals surface area contributed by atoms with Crippen LogP contribution in [0.5, 0.6) is 0 Å². The van der Waals surface area contributed by atoms with E-state index in [-0.39, 0.29) is 11.9 Å². The van der Waals surface area contributed by atoms with Crippen LogP contribution in [0.25, 0.3) is 0 Å². The molecule has 5 heteroatoms. The van der Waals surface area contributed by atoms with Gasteiger partial charge in [-0.1, -0.05) is 18.2 Å². The minimum Gasteiger partial charge on any atom is -0.311 e. The third kappa shape index (κ3) is 3.20. The predicted octanol–water partition coefficient (Wildman–Crippen LogP) is 1.84. The van der Waals surface area contributed by atoms with Crippen molar-refractivity contribution in [2.24, 2.45) is 0 Å². The number of carbonyl (C=O) groups excluding carboxylic acids is 1. The Labute approximate surface area is 130 Å². The van der Waals surface area contributed by atoms with Gasteiger partial charge in [-0.05, 0) is 37.5 Å². The molecule has 0 saturated heterocycles. The molecule has 0 saturated carbocycles. The Balaban J connectivity index is 1.59. The zero-order chi connectivity index (χ0) is 15.4. The number of aromatic nitrogens is 2. The average Bonchev–Trinajstić information content (AvgIpc) is 3.07. The number of hydrogen-bond acceptors (Lipinski definition) is 3. The van der Waals surface area contributed by atoms with Gasteiger partial charge in [0.25, 0.3) is 0 Å². The Morgan fingerprint density at radius 3 is 3.05 bits per heavy atom. The third-order valence-corrected chi connectivity index (χ3v) is 4.10. The van der Waals surface area contributed by atoms with Crippen LogP contribution >= 0.6 is 0 Å². The molecule has 1 atom stereocenters. The Bertz CT molecular complexity index is 623. The first kappa shape index (κ1) is 14.8. The number of fused-ring (bicyclic) bond motifs is 1. The van der Waals surface area contributed by atoms with E-state index in [1.807, 2.05) is 47.0 Å². The molecule has 1 N–H and O–H groups in total. The highest BCUT2D eigenvalue weighted by Crippen LogP contribution is 2.27. The Morgan fingerprint density at radius 2 is 2.23 bits per heavy atom. The topological polar surface area (TPSA) is 50.2 Å². The van der Waals surface area contributed by atoms with Crippen molar-refractivity contribution < 1.29 is 4.79 Å². The molecule has 2 aromatic rings. The highest BCUT2D eigenvalue weighted by atomic mass is 16.2. The SMILES string of the molecule is C[C@@H](NCCn1cccn1)C(=O)N1CCCc2ccccc21. The van der Waals surface area contributed by atoms with Crippen molar-refractivity contribution in [2.75, 3.05) is 18.0 Å². The maximum absolute atomic E-state index is 12.7. The number of amides is 1. The highest BCUT2D eigenvalue weighted by molar-refractivity contribution is 5.97. The molecule has 1 aliphatic rings. The minimum absolute atomic E-state index is 0.146. The second kappa shape index (κ2) is 6.75. The fourth-order valence-corrected chi connectivity index (χ4v) is 2.91. The average molecular weight is 298 g/mol. The number of aryl methyl sites for hydroxylation is 1. The lowest BCUT2D eigenvalue weighted by Crippen LogP contribution is -2.47. The molecule has 0 radical (unpaired) electrons. The van der Waals surface area contributed by atoms with E-state index >= 15 is 0 Å². The van der Waals surface area contributed by atoms with E-state index in [1.165, 1.54) is 5.56 Å². The lowest BCUT2D eigenvalue weighted by molar-refractivity contribution is -0.120. The van der Waals surface area contributed by atoms with Gasteiger partial charge >= 0.3 is 0 Å². The lowest BCUT2D eigenvalue weighted by atomic mass is 10.0. The highest BCUT2D eigenvalue weighted by Gasteiger charge is 2.25. The van der Waals surface area contributed by atoms with Crippen molar-refractivity contribution in [1.82, 2.24) is 15.1 Å². The molecular formula is C17H22N4O. The number of anilines is 1. The van der Waals surface area contributed by atoms with Gasteiger partial charge in [-0.2, -0.15) is 5.10 Å². The maximum Gasteiger partial charge on any atom is 0.243 e. The molecule has 0 aliphatic carbocycles. The van der Waals surface area contributed by atoms with Gasteiger partial charge in [-0.3, -0.25) is 9.48 Å². The summed E-state index contributed by atoms with van der Waals surface area (Å²) in [6, 6.07) is 9.91. The van der Waals surface area contributed by atoms with Crippen LogP contribution in [0.15, 0.2) is 42.7 Å². The standard InChI is InChI=1S/C17H22N4O/c1-14(18-10-13-20-11-5-9-19-20)17(22)21-12-4-7-15-6-2-3-8-16(15)21/h2-3,5-6,8-9,11,14,18H,4,7,10,12-13H2,1H3/t14-/m1/s1. The van der Waals surface area contributed by atoms with E-state index < -0.39 is 0 Å². The number of hydrogen-bond donors (Lipinski definition) is 1. The number of carbonyl (C=O) groups is 1. The minimum atomic E-state index is -0.193. The largest absolute Gasteiger partial charge is 0.311 e. The van der Waals surface area contributed by atoms with Crippen molar-refractivity contribution >= 4 is 11.6 Å².